The molecule has 7 aromatic rings. The summed E-state index contributed by atoms with van der Waals surface area (Å²) in [6, 6.07) is 40.1. The number of carbonyl (C=O) groups is 1. The molecule has 8 heteroatoms. The number of nitrogens with one attached hydrogen (secondary N) is 3. The van der Waals surface area contributed by atoms with Gasteiger partial charge in [0.2, 0.25) is 5.91 Å². The van der Waals surface area contributed by atoms with Gasteiger partial charge in [-0.05, 0) is 54.0 Å². The third-order valence-electron chi connectivity index (χ3n) is 9.30. The van der Waals surface area contributed by atoms with E-state index >= 15 is 0 Å². The molecule has 5 aromatic carbocycles. The van der Waals surface area contributed by atoms with Gasteiger partial charge in [-0.25, -0.2) is 0 Å². The third kappa shape index (κ3) is 5.83. The molecule has 242 valence electrons. The number of amides is 1. The minimum atomic E-state index is -0.762. The topological polar surface area (TPSA) is 82.2 Å². The summed E-state index contributed by atoms with van der Waals surface area (Å²) in [6.07, 6.45) is 0. The number of rotatable bonds is 12. The van der Waals surface area contributed by atoms with Gasteiger partial charge in [0.05, 0.1) is 40.0 Å². The highest BCUT2D eigenvalue weighted by Gasteiger charge is 2.36. The van der Waals surface area contributed by atoms with E-state index in [4.69, 9.17) is 0 Å². The minimum absolute atomic E-state index is 0.0355. The van der Waals surface area contributed by atoms with Crippen LogP contribution in [0.1, 0.15) is 30.5 Å². The molecule has 1 amide bonds. The number of aromatic amines is 1. The number of H-pyrrole nitrogens is 1. The lowest BCUT2D eigenvalue weighted by Gasteiger charge is -2.37. The number of likely N-dealkylation sites (N-methyl/N-ethyl adjacent to an activating group) is 1. The van der Waals surface area contributed by atoms with Crippen molar-refractivity contribution in [3.8, 4) is 0 Å². The molecule has 0 saturated heterocycles. The molecule has 48 heavy (non-hydrogen) atoms. The van der Waals surface area contributed by atoms with Crippen molar-refractivity contribution in [3.63, 3.8) is 0 Å². The molecule has 0 spiro atoms. The SMILES string of the molecule is CCN(CC)CCn1[nH]c2c3ccc(=O)cc3sc3c(NC(=O)CNC(c4ccccc4)(c4ccccc4)c4ccccc4)ccc1c32. The number of nitrogens with zero attached hydrogens (tertiary/aromatic N) is 2. The van der Waals surface area contributed by atoms with Gasteiger partial charge in [0.25, 0.3) is 0 Å². The molecule has 0 aliphatic rings. The van der Waals surface area contributed by atoms with Crippen LogP contribution in [0, 0.1) is 0 Å². The smallest absolute Gasteiger partial charge is 0.238 e. The van der Waals surface area contributed by atoms with Gasteiger partial charge >= 0.3 is 0 Å². The number of benzene rings is 5. The van der Waals surface area contributed by atoms with E-state index in [1.807, 2.05) is 66.7 Å². The molecule has 0 radical (unpaired) electrons. The molecule has 0 aliphatic carbocycles. The van der Waals surface area contributed by atoms with Gasteiger partial charge in [-0.3, -0.25) is 24.7 Å². The Hall–Kier alpha value is -5.02. The highest BCUT2D eigenvalue weighted by Crippen LogP contribution is 2.41. The van der Waals surface area contributed by atoms with Crippen LogP contribution in [0.4, 0.5) is 5.69 Å². The van der Waals surface area contributed by atoms with E-state index in [9.17, 15) is 9.59 Å². The Morgan fingerprint density at radius 3 is 2.00 bits per heavy atom. The van der Waals surface area contributed by atoms with Crippen LogP contribution in [0.25, 0.3) is 31.2 Å². The Balaban J connectivity index is 1.27. The van der Waals surface area contributed by atoms with Crippen molar-refractivity contribution in [2.75, 3.05) is 31.5 Å². The first-order valence-corrected chi connectivity index (χ1v) is 17.3. The molecule has 0 unspecified atom stereocenters. The van der Waals surface area contributed by atoms with Gasteiger partial charge in [0.1, 0.15) is 0 Å². The first-order valence-electron chi connectivity index (χ1n) is 16.5. The number of fused-ring (bicyclic) bond motifs is 2. The van der Waals surface area contributed by atoms with Gasteiger partial charge < -0.3 is 10.2 Å². The van der Waals surface area contributed by atoms with Crippen molar-refractivity contribution >= 4 is 54.1 Å². The lowest BCUT2D eigenvalue weighted by Crippen LogP contribution is -2.47. The minimum Gasteiger partial charge on any atom is -0.324 e. The Morgan fingerprint density at radius 2 is 1.42 bits per heavy atom. The fraction of sp³-hybridized carbons (Fsp3) is 0.200. The summed E-state index contributed by atoms with van der Waals surface area (Å²) in [5, 5.41) is 12.6. The number of anilines is 1. The van der Waals surface area contributed by atoms with Gasteiger partial charge in [-0.2, -0.15) is 0 Å². The van der Waals surface area contributed by atoms with Crippen molar-refractivity contribution < 1.29 is 4.79 Å². The lowest BCUT2D eigenvalue weighted by molar-refractivity contribution is -0.115. The molecule has 0 fully saturated rings. The monoisotopic (exact) mass is 653 g/mol. The van der Waals surface area contributed by atoms with Crippen LogP contribution in [0.2, 0.25) is 0 Å². The number of aromatic nitrogens is 2. The van der Waals surface area contributed by atoms with E-state index in [0.717, 1.165) is 79.8 Å². The quantitative estimate of drug-likeness (QED) is 0.0940. The molecule has 0 aliphatic heterocycles. The predicted octanol–water partition coefficient (Wildman–Crippen LogP) is 7.56. The maximum atomic E-state index is 14.0. The maximum absolute atomic E-state index is 14.0. The summed E-state index contributed by atoms with van der Waals surface area (Å²) >= 11 is 1.54. The van der Waals surface area contributed by atoms with Crippen LogP contribution in [0.5, 0.6) is 0 Å². The molecule has 7 rings (SSSR count). The van der Waals surface area contributed by atoms with E-state index in [2.05, 4.69) is 81.6 Å². The van der Waals surface area contributed by atoms with E-state index in [1.54, 1.807) is 12.1 Å². The van der Waals surface area contributed by atoms with Crippen molar-refractivity contribution in [2.45, 2.75) is 25.9 Å². The highest BCUT2D eigenvalue weighted by atomic mass is 32.1. The second-order valence-corrected chi connectivity index (χ2v) is 13.1. The van der Waals surface area contributed by atoms with Crippen LogP contribution in [0.15, 0.2) is 126 Å². The standard InChI is InChI=1S/C40H39N5O2S/c1-3-44(4-2)24-25-45-34-23-22-33(39-37(34)38(43-45)32-21-20-31(46)26-35(32)48-39)42-36(47)27-41-40(28-14-8-5-9-15-28,29-16-10-6-11-17-29)30-18-12-7-13-19-30/h5-23,26,41,43H,3-4,24-25,27H2,1-2H3,(H,42,47). The van der Waals surface area contributed by atoms with E-state index < -0.39 is 5.54 Å². The zero-order valence-corrected chi connectivity index (χ0v) is 28.0. The molecule has 0 bridgehead atoms. The summed E-state index contributed by atoms with van der Waals surface area (Å²) in [5.41, 5.74) is 5.09. The van der Waals surface area contributed by atoms with E-state index in [1.165, 1.54) is 11.3 Å². The molecular formula is C40H39N5O2S. The zero-order chi connectivity index (χ0) is 33.1. The Labute approximate surface area is 283 Å². The zero-order valence-electron chi connectivity index (χ0n) is 27.2. The van der Waals surface area contributed by atoms with Gasteiger partial charge in [0, 0.05) is 28.1 Å². The van der Waals surface area contributed by atoms with E-state index in [0.29, 0.717) is 0 Å². The predicted molar refractivity (Wildman–Crippen MR) is 199 cm³/mol. The second-order valence-electron chi connectivity index (χ2n) is 12.0. The Kier molecular flexibility index (Phi) is 8.95. The first-order chi connectivity index (χ1) is 23.5. The first kappa shape index (κ1) is 31.6. The highest BCUT2D eigenvalue weighted by molar-refractivity contribution is 7.25. The number of hydrogen-bond acceptors (Lipinski definition) is 5. The van der Waals surface area contributed by atoms with Gasteiger partial charge in [0.15, 0.2) is 5.43 Å². The lowest BCUT2D eigenvalue weighted by atomic mass is 9.77. The second kappa shape index (κ2) is 13.6. The van der Waals surface area contributed by atoms with Crippen molar-refractivity contribution in [1.82, 2.24) is 20.0 Å². The fourth-order valence-electron chi connectivity index (χ4n) is 6.83. The normalized spacial score (nSPS) is 12.0. The van der Waals surface area contributed by atoms with Crippen LogP contribution in [-0.2, 0) is 16.9 Å². The summed E-state index contributed by atoms with van der Waals surface area (Å²) in [5.74, 6) is -0.159. The summed E-state index contributed by atoms with van der Waals surface area (Å²) in [6.45, 7) is 8.11. The van der Waals surface area contributed by atoms with Crippen LogP contribution in [-0.4, -0.2) is 46.8 Å². The Bertz CT molecular complexity index is 2140. The summed E-state index contributed by atoms with van der Waals surface area (Å²) < 4.78 is 4.01. The van der Waals surface area contributed by atoms with E-state index in [-0.39, 0.29) is 17.9 Å². The number of hydrogen-bond donors (Lipinski definition) is 3. The van der Waals surface area contributed by atoms with Gasteiger partial charge in [-0.1, -0.05) is 105 Å². The number of carbonyl (C=O) groups excluding carboxylic acids is 1. The molecule has 2 heterocycles. The van der Waals surface area contributed by atoms with Crippen molar-refractivity contribution in [2.24, 2.45) is 0 Å². The molecule has 3 N–H and O–H groups in total. The molecule has 7 nitrogen and oxygen atoms in total. The van der Waals surface area contributed by atoms with Crippen LogP contribution >= 0.6 is 11.3 Å². The van der Waals surface area contributed by atoms with Crippen molar-refractivity contribution in [1.29, 1.82) is 0 Å². The average molecular weight is 654 g/mol. The molecule has 0 atom stereocenters. The largest absolute Gasteiger partial charge is 0.324 e. The fourth-order valence-corrected chi connectivity index (χ4v) is 8.04. The Morgan fingerprint density at radius 1 is 0.812 bits per heavy atom. The maximum Gasteiger partial charge on any atom is 0.238 e. The van der Waals surface area contributed by atoms with Crippen LogP contribution in [0.3, 0.4) is 0 Å². The van der Waals surface area contributed by atoms with Gasteiger partial charge in [-0.15, -0.1) is 11.3 Å². The molecule has 2 aromatic heterocycles. The summed E-state index contributed by atoms with van der Waals surface area (Å²) in [4.78, 5) is 28.8. The molecular weight excluding hydrogens is 615 g/mol. The summed E-state index contributed by atoms with van der Waals surface area (Å²) in [7, 11) is 0. The average Bonchev–Trinajstić information content (AvgIpc) is 3.50. The third-order valence-corrected chi connectivity index (χ3v) is 10.5. The van der Waals surface area contributed by atoms with Crippen LogP contribution < -0.4 is 16.1 Å². The molecule has 0 saturated carbocycles. The van der Waals surface area contributed by atoms with Crippen molar-refractivity contribution in [3.05, 3.63) is 148 Å².